The van der Waals surface area contributed by atoms with Crippen LogP contribution in [0.2, 0.25) is 0 Å². The highest BCUT2D eigenvalue weighted by Crippen LogP contribution is 2.43. The number of amides is 2. The second-order valence-electron chi connectivity index (χ2n) is 10.4. The van der Waals surface area contributed by atoms with Crippen molar-refractivity contribution in [3.05, 3.63) is 23.8 Å². The van der Waals surface area contributed by atoms with Gasteiger partial charge in [0, 0.05) is 31.9 Å². The fourth-order valence-corrected chi connectivity index (χ4v) is 6.76. The molecule has 1 atom stereocenters. The molecule has 176 valence electrons. The molecule has 32 heavy (non-hydrogen) atoms. The Bertz CT molecular complexity index is 1010. The fraction of sp³-hybridized carbons (Fsp3) is 0.667. The molecule has 0 aliphatic carbocycles. The van der Waals surface area contributed by atoms with E-state index in [-0.39, 0.29) is 23.3 Å². The van der Waals surface area contributed by atoms with Crippen molar-refractivity contribution in [3.8, 4) is 0 Å². The lowest BCUT2D eigenvalue weighted by Crippen LogP contribution is -2.46. The smallest absolute Gasteiger partial charge is 0.243 e. The quantitative estimate of drug-likeness (QED) is 0.691. The summed E-state index contributed by atoms with van der Waals surface area (Å²) in [6.07, 6.45) is 3.87. The summed E-state index contributed by atoms with van der Waals surface area (Å²) in [5.74, 6) is 0.751. The second kappa shape index (κ2) is 8.45. The summed E-state index contributed by atoms with van der Waals surface area (Å²) in [5, 5.41) is 0. The second-order valence-corrected chi connectivity index (χ2v) is 12.3. The molecule has 0 unspecified atom stereocenters. The highest BCUT2D eigenvalue weighted by Gasteiger charge is 2.45. The largest absolute Gasteiger partial charge is 0.341 e. The number of rotatable bonds is 4. The van der Waals surface area contributed by atoms with Crippen LogP contribution in [0.1, 0.15) is 58.9 Å². The summed E-state index contributed by atoms with van der Waals surface area (Å²) in [4.78, 5) is 29.8. The number of hydrogen-bond acceptors (Lipinski definition) is 4. The zero-order valence-electron chi connectivity index (χ0n) is 19.6. The van der Waals surface area contributed by atoms with Gasteiger partial charge < -0.3 is 9.80 Å². The molecule has 0 N–H and O–H groups in total. The first-order valence-corrected chi connectivity index (χ1v) is 13.2. The summed E-state index contributed by atoms with van der Waals surface area (Å²) in [6.45, 7) is 10.4. The van der Waals surface area contributed by atoms with Crippen LogP contribution in [0.15, 0.2) is 23.1 Å². The third-order valence-corrected chi connectivity index (χ3v) is 9.26. The van der Waals surface area contributed by atoms with Gasteiger partial charge in [0.2, 0.25) is 21.8 Å². The third kappa shape index (κ3) is 4.07. The summed E-state index contributed by atoms with van der Waals surface area (Å²) in [5.41, 5.74) is 0.436. The summed E-state index contributed by atoms with van der Waals surface area (Å²) >= 11 is 0. The fourth-order valence-electron chi connectivity index (χ4n) is 5.14. The molecule has 3 heterocycles. The zero-order valence-corrected chi connectivity index (χ0v) is 20.5. The van der Waals surface area contributed by atoms with Gasteiger partial charge in [0.15, 0.2) is 0 Å². The molecule has 1 aromatic rings. The summed E-state index contributed by atoms with van der Waals surface area (Å²) in [7, 11) is -3.62. The van der Waals surface area contributed by atoms with Gasteiger partial charge in [0.05, 0.1) is 10.3 Å². The molecular formula is C24H35N3O4S. The molecule has 0 spiro atoms. The number of likely N-dealkylation sites (tertiary alicyclic amines) is 1. The average Bonchev–Trinajstić information content (AvgIpc) is 2.94. The molecule has 2 fully saturated rings. The Balaban J connectivity index is 1.60. The molecule has 2 amide bonds. The lowest BCUT2D eigenvalue weighted by molar-refractivity contribution is -0.133. The molecular weight excluding hydrogens is 426 g/mol. The van der Waals surface area contributed by atoms with E-state index in [0.717, 1.165) is 38.8 Å². The molecule has 8 heteroatoms. The van der Waals surface area contributed by atoms with E-state index in [1.807, 2.05) is 4.90 Å². The van der Waals surface area contributed by atoms with E-state index in [1.165, 1.54) is 4.90 Å². The van der Waals surface area contributed by atoms with Crippen molar-refractivity contribution in [1.82, 2.24) is 9.21 Å². The molecule has 1 aromatic carbocycles. The van der Waals surface area contributed by atoms with Crippen LogP contribution in [0.4, 0.5) is 5.69 Å². The van der Waals surface area contributed by atoms with Crippen LogP contribution in [0.3, 0.4) is 0 Å². The highest BCUT2D eigenvalue weighted by molar-refractivity contribution is 7.89. The van der Waals surface area contributed by atoms with Gasteiger partial charge in [-0.2, -0.15) is 4.31 Å². The van der Waals surface area contributed by atoms with Gasteiger partial charge in [-0.25, -0.2) is 8.42 Å². The van der Waals surface area contributed by atoms with Gasteiger partial charge in [-0.15, -0.1) is 0 Å². The summed E-state index contributed by atoms with van der Waals surface area (Å²) in [6, 6.07) is 4.94. The minimum absolute atomic E-state index is 0.000614. The molecule has 0 aromatic heterocycles. The Morgan fingerprint density at radius 3 is 2.41 bits per heavy atom. The lowest BCUT2D eigenvalue weighted by Gasteiger charge is -2.32. The van der Waals surface area contributed by atoms with E-state index in [4.69, 9.17) is 0 Å². The van der Waals surface area contributed by atoms with Gasteiger partial charge >= 0.3 is 0 Å². The number of benzene rings is 1. The average molecular weight is 462 g/mol. The van der Waals surface area contributed by atoms with Gasteiger partial charge in [-0.3, -0.25) is 9.59 Å². The Morgan fingerprint density at radius 2 is 1.75 bits per heavy atom. The van der Waals surface area contributed by atoms with Gasteiger partial charge in [-0.05, 0) is 75.1 Å². The number of fused-ring (bicyclic) bond motifs is 1. The molecule has 2 saturated heterocycles. The molecule has 3 aliphatic heterocycles. The van der Waals surface area contributed by atoms with E-state index in [1.54, 1.807) is 36.4 Å². The normalized spacial score (nSPS) is 24.6. The van der Waals surface area contributed by atoms with Crippen LogP contribution in [0.25, 0.3) is 0 Å². The number of nitrogens with zero attached hydrogens (tertiary/aromatic N) is 3. The first kappa shape index (κ1) is 23.2. The highest BCUT2D eigenvalue weighted by atomic mass is 32.2. The molecule has 0 radical (unpaired) electrons. The van der Waals surface area contributed by atoms with E-state index >= 15 is 0 Å². The maximum atomic E-state index is 13.3. The Kier molecular flexibility index (Phi) is 6.13. The lowest BCUT2D eigenvalue weighted by atomic mass is 9.86. The Labute approximate surface area is 191 Å². The van der Waals surface area contributed by atoms with Crippen LogP contribution < -0.4 is 4.90 Å². The zero-order chi connectivity index (χ0) is 23.3. The van der Waals surface area contributed by atoms with Crippen LogP contribution >= 0.6 is 0 Å². The molecule has 0 saturated carbocycles. The van der Waals surface area contributed by atoms with Crippen molar-refractivity contribution in [2.75, 3.05) is 37.6 Å². The van der Waals surface area contributed by atoms with Crippen LogP contribution in [0, 0.1) is 11.8 Å². The number of sulfonamides is 1. The maximum Gasteiger partial charge on any atom is 0.243 e. The van der Waals surface area contributed by atoms with E-state index in [9.17, 15) is 18.0 Å². The van der Waals surface area contributed by atoms with Crippen molar-refractivity contribution in [3.63, 3.8) is 0 Å². The van der Waals surface area contributed by atoms with Gasteiger partial charge in [0.1, 0.15) is 6.54 Å². The van der Waals surface area contributed by atoms with Crippen molar-refractivity contribution in [2.24, 2.45) is 11.8 Å². The monoisotopic (exact) mass is 461 g/mol. The SMILES string of the molecule is CC1CCN(C(=O)CN2C(=O)C(C)(C)c3cc(S(=O)(=O)N4CCC[C@H](C)C4)ccc32)CC1. The van der Waals surface area contributed by atoms with Gasteiger partial charge in [-0.1, -0.05) is 13.8 Å². The van der Waals surface area contributed by atoms with E-state index in [2.05, 4.69) is 13.8 Å². The standard InChI is InChI=1S/C24H35N3O4S/c1-17-9-12-25(13-10-17)22(28)16-27-21-8-7-19(14-20(21)24(3,4)23(27)29)32(30,31)26-11-5-6-18(2)15-26/h7-8,14,17-18H,5-6,9-13,15-16H2,1-4H3/t18-/m0/s1. The molecule has 0 bridgehead atoms. The van der Waals surface area contributed by atoms with E-state index < -0.39 is 15.4 Å². The first-order valence-electron chi connectivity index (χ1n) is 11.8. The number of carbonyl (C=O) groups excluding carboxylic acids is 2. The van der Waals surface area contributed by atoms with Crippen LogP contribution in [-0.4, -0.2) is 62.2 Å². The first-order chi connectivity index (χ1) is 15.0. The van der Waals surface area contributed by atoms with Crippen molar-refractivity contribution < 1.29 is 18.0 Å². The van der Waals surface area contributed by atoms with Crippen molar-refractivity contribution in [2.45, 2.75) is 63.7 Å². The summed E-state index contributed by atoms with van der Waals surface area (Å²) < 4.78 is 28.1. The maximum absolute atomic E-state index is 13.3. The molecule has 3 aliphatic rings. The Morgan fingerprint density at radius 1 is 1.06 bits per heavy atom. The minimum atomic E-state index is -3.62. The van der Waals surface area contributed by atoms with Crippen LogP contribution in [0.5, 0.6) is 0 Å². The minimum Gasteiger partial charge on any atom is -0.341 e. The van der Waals surface area contributed by atoms with Crippen molar-refractivity contribution in [1.29, 1.82) is 0 Å². The molecule has 7 nitrogen and oxygen atoms in total. The van der Waals surface area contributed by atoms with Crippen LogP contribution in [-0.2, 0) is 25.0 Å². The van der Waals surface area contributed by atoms with Crippen molar-refractivity contribution >= 4 is 27.5 Å². The number of piperidine rings is 2. The number of anilines is 1. The predicted molar refractivity (Wildman–Crippen MR) is 124 cm³/mol. The number of hydrogen-bond donors (Lipinski definition) is 0. The molecule has 4 rings (SSSR count). The van der Waals surface area contributed by atoms with Gasteiger partial charge in [0.25, 0.3) is 0 Å². The Hall–Kier alpha value is -1.93. The predicted octanol–water partition coefficient (Wildman–Crippen LogP) is 2.99. The van der Waals surface area contributed by atoms with E-state index in [0.29, 0.717) is 36.2 Å². The topological polar surface area (TPSA) is 78.0 Å². The number of carbonyl (C=O) groups is 2. The third-order valence-electron chi connectivity index (χ3n) is 7.40.